The Hall–Kier alpha value is -0.980. The maximum atomic E-state index is 12.8. The van der Waals surface area contributed by atoms with Crippen LogP contribution in [0.25, 0.3) is 0 Å². The third kappa shape index (κ3) is 3.99. The van der Waals surface area contributed by atoms with Crippen LogP contribution in [0.5, 0.6) is 0 Å². The van der Waals surface area contributed by atoms with Crippen molar-refractivity contribution in [2.45, 2.75) is 36.6 Å². The average molecular weight is 286 g/mol. The quantitative estimate of drug-likeness (QED) is 0.883. The Bertz CT molecular complexity index is 508. The van der Waals surface area contributed by atoms with Crippen LogP contribution in [0.3, 0.4) is 0 Å². The molecule has 1 saturated carbocycles. The summed E-state index contributed by atoms with van der Waals surface area (Å²) >= 11 is 0. The highest BCUT2D eigenvalue weighted by Gasteiger charge is 2.21. The van der Waals surface area contributed by atoms with E-state index in [0.717, 1.165) is 37.8 Å². The summed E-state index contributed by atoms with van der Waals surface area (Å²) in [4.78, 5) is 0.0985. The van der Waals surface area contributed by atoms with Gasteiger partial charge in [0.2, 0.25) is 10.0 Å². The maximum absolute atomic E-state index is 12.8. The van der Waals surface area contributed by atoms with Gasteiger partial charge in [-0.2, -0.15) is 0 Å². The van der Waals surface area contributed by atoms with Gasteiger partial charge in [-0.25, -0.2) is 17.5 Å². The van der Waals surface area contributed by atoms with E-state index in [1.165, 1.54) is 12.1 Å². The Balaban J connectivity index is 1.92. The van der Waals surface area contributed by atoms with Gasteiger partial charge >= 0.3 is 0 Å². The lowest BCUT2D eigenvalue weighted by Crippen LogP contribution is -2.34. The smallest absolute Gasteiger partial charge is 0.240 e. The van der Waals surface area contributed by atoms with E-state index in [0.29, 0.717) is 12.5 Å². The topological polar surface area (TPSA) is 72.2 Å². The Morgan fingerprint density at radius 2 is 1.74 bits per heavy atom. The SMILES string of the molecule is NC1CCC(CNS(=O)(=O)c2ccc(F)cc2)CC1. The van der Waals surface area contributed by atoms with Crippen LogP contribution in [0.15, 0.2) is 29.2 Å². The third-order valence-electron chi connectivity index (χ3n) is 3.58. The minimum atomic E-state index is -3.54. The highest BCUT2D eigenvalue weighted by atomic mass is 32.2. The van der Waals surface area contributed by atoms with Gasteiger partial charge in [0, 0.05) is 12.6 Å². The molecule has 1 aromatic carbocycles. The first kappa shape index (κ1) is 14.4. The molecule has 0 radical (unpaired) electrons. The molecular formula is C13H19FN2O2S. The van der Waals surface area contributed by atoms with Gasteiger partial charge in [-0.3, -0.25) is 0 Å². The van der Waals surface area contributed by atoms with Gasteiger partial charge in [-0.05, 0) is 55.9 Å². The zero-order valence-electron chi connectivity index (χ0n) is 10.7. The Morgan fingerprint density at radius 1 is 1.16 bits per heavy atom. The molecule has 0 spiro atoms. The van der Waals surface area contributed by atoms with Crippen LogP contribution in [0.2, 0.25) is 0 Å². The van der Waals surface area contributed by atoms with E-state index in [-0.39, 0.29) is 10.9 Å². The van der Waals surface area contributed by atoms with Crippen molar-refractivity contribution in [1.29, 1.82) is 0 Å². The van der Waals surface area contributed by atoms with Crippen molar-refractivity contribution in [3.63, 3.8) is 0 Å². The first-order valence-corrected chi connectivity index (χ1v) is 7.96. The summed E-state index contributed by atoms with van der Waals surface area (Å²) in [6.07, 6.45) is 3.80. The Labute approximate surface area is 113 Å². The van der Waals surface area contributed by atoms with Gasteiger partial charge in [0.15, 0.2) is 0 Å². The lowest BCUT2D eigenvalue weighted by molar-refractivity contribution is 0.326. The standard InChI is InChI=1S/C13H19FN2O2S/c14-11-3-7-13(8-4-11)19(17,18)16-9-10-1-5-12(15)6-2-10/h3-4,7-8,10,12,16H,1-2,5-6,9,15H2. The molecule has 1 fully saturated rings. The molecule has 2 rings (SSSR count). The molecule has 1 aromatic rings. The molecule has 0 unspecified atom stereocenters. The van der Waals surface area contributed by atoms with Crippen LogP contribution in [-0.4, -0.2) is 21.0 Å². The van der Waals surface area contributed by atoms with Crippen LogP contribution >= 0.6 is 0 Å². The lowest BCUT2D eigenvalue weighted by Gasteiger charge is -2.26. The molecule has 1 aliphatic rings. The Morgan fingerprint density at radius 3 is 2.32 bits per heavy atom. The molecule has 0 atom stereocenters. The molecule has 0 saturated heterocycles. The summed E-state index contributed by atoms with van der Waals surface area (Å²) in [6.45, 7) is 0.423. The van der Waals surface area contributed by atoms with E-state index >= 15 is 0 Å². The summed E-state index contributed by atoms with van der Waals surface area (Å²) in [6, 6.07) is 5.09. The number of halogens is 1. The van der Waals surface area contributed by atoms with Crippen LogP contribution < -0.4 is 10.5 Å². The molecule has 0 amide bonds. The predicted molar refractivity (Wildman–Crippen MR) is 71.5 cm³/mol. The molecule has 0 aromatic heterocycles. The van der Waals surface area contributed by atoms with E-state index in [4.69, 9.17) is 5.73 Å². The molecule has 0 aliphatic heterocycles. The second-order valence-corrected chi connectivity index (χ2v) is 6.85. The maximum Gasteiger partial charge on any atom is 0.240 e. The first-order valence-electron chi connectivity index (χ1n) is 6.48. The van der Waals surface area contributed by atoms with Crippen LogP contribution in [-0.2, 0) is 10.0 Å². The van der Waals surface area contributed by atoms with E-state index in [2.05, 4.69) is 4.72 Å². The van der Waals surface area contributed by atoms with Gasteiger partial charge < -0.3 is 5.73 Å². The zero-order chi connectivity index (χ0) is 13.9. The molecule has 3 N–H and O–H groups in total. The third-order valence-corrected chi connectivity index (χ3v) is 5.02. The fraction of sp³-hybridized carbons (Fsp3) is 0.538. The summed E-state index contributed by atoms with van der Waals surface area (Å²) < 4.78 is 39.3. The zero-order valence-corrected chi connectivity index (χ0v) is 11.5. The summed E-state index contributed by atoms with van der Waals surface area (Å²) in [5.74, 6) is -0.102. The molecule has 6 heteroatoms. The number of benzene rings is 1. The highest BCUT2D eigenvalue weighted by Crippen LogP contribution is 2.23. The minimum absolute atomic E-state index is 0.0985. The predicted octanol–water partition coefficient (Wildman–Crippen LogP) is 1.62. The number of hydrogen-bond donors (Lipinski definition) is 2. The van der Waals surface area contributed by atoms with Gasteiger partial charge in [0.25, 0.3) is 0 Å². The number of nitrogens with two attached hydrogens (primary N) is 1. The van der Waals surface area contributed by atoms with Crippen molar-refractivity contribution in [1.82, 2.24) is 4.72 Å². The molecule has 1 aliphatic carbocycles. The van der Waals surface area contributed by atoms with Crippen LogP contribution in [0.4, 0.5) is 4.39 Å². The minimum Gasteiger partial charge on any atom is -0.328 e. The number of sulfonamides is 1. The van der Waals surface area contributed by atoms with Crippen molar-refractivity contribution < 1.29 is 12.8 Å². The van der Waals surface area contributed by atoms with E-state index in [1.54, 1.807) is 0 Å². The molecule has 4 nitrogen and oxygen atoms in total. The van der Waals surface area contributed by atoms with Crippen LogP contribution in [0.1, 0.15) is 25.7 Å². The lowest BCUT2D eigenvalue weighted by atomic mass is 9.87. The second-order valence-electron chi connectivity index (χ2n) is 5.09. The van der Waals surface area contributed by atoms with Crippen molar-refractivity contribution in [2.24, 2.45) is 11.7 Å². The second kappa shape index (κ2) is 5.98. The summed E-state index contributed by atoms with van der Waals surface area (Å²) in [5.41, 5.74) is 5.81. The largest absolute Gasteiger partial charge is 0.328 e. The van der Waals surface area contributed by atoms with E-state index < -0.39 is 15.8 Å². The van der Waals surface area contributed by atoms with Crippen molar-refractivity contribution in [2.75, 3.05) is 6.54 Å². The summed E-state index contributed by atoms with van der Waals surface area (Å²) in [7, 11) is -3.54. The van der Waals surface area contributed by atoms with Crippen molar-refractivity contribution in [3.8, 4) is 0 Å². The molecule has 0 heterocycles. The normalized spacial score (nSPS) is 24.3. The van der Waals surface area contributed by atoms with Gasteiger partial charge in [-0.15, -0.1) is 0 Å². The fourth-order valence-corrected chi connectivity index (χ4v) is 3.43. The molecule has 106 valence electrons. The molecule has 0 bridgehead atoms. The monoisotopic (exact) mass is 286 g/mol. The number of nitrogens with one attached hydrogen (secondary N) is 1. The van der Waals surface area contributed by atoms with Gasteiger partial charge in [0.1, 0.15) is 5.82 Å². The number of hydrogen-bond acceptors (Lipinski definition) is 3. The first-order chi connectivity index (χ1) is 8.97. The van der Waals surface area contributed by atoms with E-state index in [1.807, 2.05) is 0 Å². The molecular weight excluding hydrogens is 267 g/mol. The van der Waals surface area contributed by atoms with Crippen molar-refractivity contribution in [3.05, 3.63) is 30.1 Å². The van der Waals surface area contributed by atoms with Crippen molar-refractivity contribution >= 4 is 10.0 Å². The highest BCUT2D eigenvalue weighted by molar-refractivity contribution is 7.89. The van der Waals surface area contributed by atoms with Gasteiger partial charge in [-0.1, -0.05) is 0 Å². The van der Waals surface area contributed by atoms with Crippen LogP contribution in [0, 0.1) is 11.7 Å². The average Bonchev–Trinajstić information content (AvgIpc) is 2.39. The van der Waals surface area contributed by atoms with E-state index in [9.17, 15) is 12.8 Å². The van der Waals surface area contributed by atoms with Gasteiger partial charge in [0.05, 0.1) is 4.90 Å². The fourth-order valence-electron chi connectivity index (χ4n) is 2.32. The number of rotatable bonds is 4. The molecule has 19 heavy (non-hydrogen) atoms. The Kier molecular flexibility index (Phi) is 4.54. The summed E-state index contributed by atoms with van der Waals surface area (Å²) in [5, 5.41) is 0.